The van der Waals surface area contributed by atoms with E-state index >= 15 is 0 Å². The quantitative estimate of drug-likeness (QED) is 0.178. The third-order valence-electron chi connectivity index (χ3n) is 2.42. The van der Waals surface area contributed by atoms with Gasteiger partial charge in [0.25, 0.3) is 6.29 Å². The van der Waals surface area contributed by atoms with E-state index in [1.165, 1.54) is 0 Å². The van der Waals surface area contributed by atoms with Crippen LogP contribution in [0.2, 0.25) is 0 Å². The van der Waals surface area contributed by atoms with E-state index in [2.05, 4.69) is 45.3 Å². The summed E-state index contributed by atoms with van der Waals surface area (Å²) in [5, 5.41) is 30.6. The fraction of sp³-hybridized carbons (Fsp3) is 0.200. The van der Waals surface area contributed by atoms with Crippen molar-refractivity contribution in [2.24, 2.45) is 0 Å². The van der Waals surface area contributed by atoms with E-state index in [9.17, 15) is 34.5 Å². The summed E-state index contributed by atoms with van der Waals surface area (Å²) >= 11 is 0. The van der Waals surface area contributed by atoms with Gasteiger partial charge in [0.2, 0.25) is 0 Å². The van der Waals surface area contributed by atoms with Crippen LogP contribution in [0.5, 0.6) is 0 Å². The van der Waals surface area contributed by atoms with Crippen LogP contribution in [0.25, 0.3) is 0 Å². The van der Waals surface area contributed by atoms with Crippen LogP contribution in [-0.4, -0.2) is 57.2 Å². The maximum Gasteiger partial charge on any atom is 0.451 e. The van der Waals surface area contributed by atoms with Gasteiger partial charge >= 0.3 is 35.6 Å². The Morgan fingerprint density at radius 1 is 0.731 bits per heavy atom. The highest BCUT2D eigenvalue weighted by molar-refractivity contribution is 5.84. The molecule has 2 atom stereocenters. The van der Waals surface area contributed by atoms with Crippen molar-refractivity contribution in [2.45, 2.75) is 18.1 Å². The Morgan fingerprint density at radius 3 is 1.42 bits per heavy atom. The van der Waals surface area contributed by atoms with Gasteiger partial charge in [-0.1, -0.05) is 26.3 Å². The predicted molar refractivity (Wildman–Crippen MR) is 81.1 cm³/mol. The van der Waals surface area contributed by atoms with Gasteiger partial charge in [-0.25, -0.2) is 19.2 Å². The lowest BCUT2D eigenvalue weighted by molar-refractivity contribution is -0.474. The molecule has 2 unspecified atom stereocenters. The van der Waals surface area contributed by atoms with Crippen molar-refractivity contribution in [3.05, 3.63) is 50.6 Å². The van der Waals surface area contributed by atoms with Gasteiger partial charge in [0.15, 0.2) is 0 Å². The number of hydrogen-bond donors (Lipinski definition) is 3. The highest BCUT2D eigenvalue weighted by Gasteiger charge is 2.67. The molecule has 0 saturated heterocycles. The number of esters is 4. The Balaban J connectivity index is 6.27. The molecular formula is C15H16O11. The van der Waals surface area contributed by atoms with E-state index in [1.54, 1.807) is 0 Å². The second-order valence-electron chi connectivity index (χ2n) is 4.15. The lowest BCUT2D eigenvalue weighted by Gasteiger charge is -2.39. The maximum absolute atomic E-state index is 11.4. The first-order valence-corrected chi connectivity index (χ1v) is 6.51. The van der Waals surface area contributed by atoms with Gasteiger partial charge in [-0.15, -0.1) is 0 Å². The number of ether oxygens (including phenoxy) is 4. The fourth-order valence-electron chi connectivity index (χ4n) is 1.23. The number of rotatable bonds is 10. The summed E-state index contributed by atoms with van der Waals surface area (Å²) in [5.41, 5.74) is 0. The van der Waals surface area contributed by atoms with Gasteiger partial charge in [-0.3, -0.25) is 0 Å². The van der Waals surface area contributed by atoms with Gasteiger partial charge < -0.3 is 34.3 Å². The molecule has 0 aromatic carbocycles. The van der Waals surface area contributed by atoms with Crippen LogP contribution in [0.15, 0.2) is 50.6 Å². The summed E-state index contributed by atoms with van der Waals surface area (Å²) in [6.45, 7) is 12.0. The molecule has 3 N–H and O–H groups in total. The molecule has 0 aliphatic carbocycles. The van der Waals surface area contributed by atoms with Crippen molar-refractivity contribution in [3.63, 3.8) is 0 Å². The SMILES string of the molecule is C=CC(=O)OC(O)C(O)(OC(=O)C=C)C(O)(OC(=O)C=C)OC(=O)C=C. The molecular weight excluding hydrogens is 356 g/mol. The van der Waals surface area contributed by atoms with E-state index in [4.69, 9.17) is 0 Å². The molecule has 0 fully saturated rings. The monoisotopic (exact) mass is 372 g/mol. The molecule has 0 aliphatic rings. The Labute approximate surface area is 147 Å². The van der Waals surface area contributed by atoms with E-state index in [0.29, 0.717) is 24.3 Å². The standard InChI is InChI=1S/C15H16O11/c1-5-9(16)23-13(20)14(21,24-10(17)6-2)15(22,25-11(18)7-3)26-12(19)8-4/h5-8,13,20-22H,1-4H2. The summed E-state index contributed by atoms with van der Waals surface area (Å²) < 4.78 is 17.1. The van der Waals surface area contributed by atoms with Crippen molar-refractivity contribution in [1.29, 1.82) is 0 Å². The highest BCUT2D eigenvalue weighted by Crippen LogP contribution is 2.32. The minimum atomic E-state index is -3.90. The average Bonchev–Trinajstić information content (AvgIpc) is 2.60. The largest absolute Gasteiger partial charge is 0.451 e. The first-order valence-electron chi connectivity index (χ1n) is 6.51. The van der Waals surface area contributed by atoms with Crippen LogP contribution in [0.1, 0.15) is 0 Å². The van der Waals surface area contributed by atoms with E-state index in [0.717, 1.165) is 0 Å². The minimum absolute atomic E-state index is 0.456. The smallest absolute Gasteiger partial charge is 0.425 e. The Bertz CT molecular complexity index is 614. The summed E-state index contributed by atoms with van der Waals surface area (Å²) in [6.07, 6.45) is -1.02. The lowest BCUT2D eigenvalue weighted by atomic mass is 10.2. The third kappa shape index (κ3) is 5.37. The molecule has 0 aromatic heterocycles. The van der Waals surface area contributed by atoms with Crippen LogP contribution in [0, 0.1) is 0 Å². The Kier molecular flexibility index (Phi) is 8.10. The van der Waals surface area contributed by atoms with Gasteiger partial charge in [-0.2, -0.15) is 0 Å². The van der Waals surface area contributed by atoms with E-state index in [-0.39, 0.29) is 0 Å². The van der Waals surface area contributed by atoms with Crippen LogP contribution >= 0.6 is 0 Å². The Hall–Kier alpha value is -3.28. The van der Waals surface area contributed by atoms with Gasteiger partial charge in [0.1, 0.15) is 0 Å². The molecule has 0 aromatic rings. The average molecular weight is 372 g/mol. The molecule has 142 valence electrons. The van der Waals surface area contributed by atoms with Crippen molar-refractivity contribution in [2.75, 3.05) is 0 Å². The highest BCUT2D eigenvalue weighted by atomic mass is 16.9. The lowest BCUT2D eigenvalue weighted by Crippen LogP contribution is -2.67. The molecule has 0 heterocycles. The molecule has 11 nitrogen and oxygen atoms in total. The molecule has 0 amide bonds. The zero-order chi connectivity index (χ0) is 20.5. The third-order valence-corrected chi connectivity index (χ3v) is 2.42. The predicted octanol–water partition coefficient (Wildman–Crippen LogP) is -1.44. The number of hydrogen-bond acceptors (Lipinski definition) is 11. The van der Waals surface area contributed by atoms with Crippen molar-refractivity contribution < 1.29 is 53.4 Å². The number of carbonyl (C=O) groups is 4. The minimum Gasteiger partial charge on any atom is -0.425 e. The fourth-order valence-corrected chi connectivity index (χ4v) is 1.23. The molecule has 26 heavy (non-hydrogen) atoms. The summed E-state index contributed by atoms with van der Waals surface area (Å²) in [5.74, 6) is -13.6. The summed E-state index contributed by atoms with van der Waals surface area (Å²) in [6, 6.07) is 0. The molecule has 11 heteroatoms. The second kappa shape index (κ2) is 9.27. The zero-order valence-electron chi connectivity index (χ0n) is 13.3. The van der Waals surface area contributed by atoms with Crippen LogP contribution in [0.4, 0.5) is 0 Å². The Morgan fingerprint density at radius 2 is 1.08 bits per heavy atom. The molecule has 0 aliphatic heterocycles. The molecule has 0 radical (unpaired) electrons. The first-order chi connectivity index (χ1) is 12.0. The normalized spacial score (nSPS) is 13.8. The summed E-state index contributed by atoms with van der Waals surface area (Å²) in [4.78, 5) is 45.5. The number of aliphatic hydroxyl groups excluding tert-OH is 1. The van der Waals surface area contributed by atoms with Gasteiger partial charge in [-0.05, 0) is 0 Å². The van der Waals surface area contributed by atoms with Crippen LogP contribution in [-0.2, 0) is 38.1 Å². The topological polar surface area (TPSA) is 166 Å². The number of carbonyl (C=O) groups excluding carboxylic acids is 4. The van der Waals surface area contributed by atoms with E-state index in [1.807, 2.05) is 0 Å². The summed E-state index contributed by atoms with van der Waals surface area (Å²) in [7, 11) is 0. The van der Waals surface area contributed by atoms with Crippen molar-refractivity contribution in [1.82, 2.24) is 0 Å². The van der Waals surface area contributed by atoms with Gasteiger partial charge in [0, 0.05) is 24.3 Å². The molecule has 0 rings (SSSR count). The van der Waals surface area contributed by atoms with Crippen LogP contribution < -0.4 is 0 Å². The zero-order valence-corrected chi connectivity index (χ0v) is 13.3. The van der Waals surface area contributed by atoms with Gasteiger partial charge in [0.05, 0.1) is 0 Å². The van der Waals surface area contributed by atoms with Crippen molar-refractivity contribution in [3.8, 4) is 0 Å². The maximum atomic E-state index is 11.4. The molecule has 0 bridgehead atoms. The van der Waals surface area contributed by atoms with Crippen LogP contribution in [0.3, 0.4) is 0 Å². The van der Waals surface area contributed by atoms with Crippen molar-refractivity contribution >= 4 is 23.9 Å². The second-order valence-corrected chi connectivity index (χ2v) is 4.15. The first kappa shape index (κ1) is 22.7. The molecule has 0 spiro atoms. The number of aliphatic hydroxyl groups is 3. The molecule has 0 saturated carbocycles. The van der Waals surface area contributed by atoms with E-state index < -0.39 is 41.9 Å².